The molecule has 0 radical (unpaired) electrons. The van der Waals surface area contributed by atoms with E-state index in [1.165, 1.54) is 6.42 Å². The lowest BCUT2D eigenvalue weighted by Crippen LogP contribution is -2.70. The Morgan fingerprint density at radius 1 is 1.29 bits per heavy atom. The zero-order chi connectivity index (χ0) is 9.92. The molecule has 0 aromatic carbocycles. The topological polar surface area (TPSA) is 23.6 Å². The first kappa shape index (κ1) is 8.72. The number of piperazine rings is 1. The van der Waals surface area contributed by atoms with Crippen LogP contribution in [-0.2, 0) is 4.79 Å². The number of piperidine rings is 1. The maximum atomic E-state index is 12.1. The summed E-state index contributed by atoms with van der Waals surface area (Å²) in [7, 11) is 2.15. The Morgan fingerprint density at radius 2 is 1.86 bits per heavy atom. The summed E-state index contributed by atoms with van der Waals surface area (Å²) in [6.45, 7) is 4.28. The van der Waals surface area contributed by atoms with Crippen LogP contribution in [0.1, 0.15) is 26.2 Å². The summed E-state index contributed by atoms with van der Waals surface area (Å²) in [5, 5.41) is 0. The quantitative estimate of drug-likeness (QED) is 0.613. The SMILES string of the molecule is CN1CC2CC(C1)N2C(=O)C1(C)CC1. The van der Waals surface area contributed by atoms with Gasteiger partial charge in [0.25, 0.3) is 0 Å². The Bertz CT molecular complexity index is 273. The molecule has 3 saturated heterocycles. The molecule has 2 atom stereocenters. The summed E-state index contributed by atoms with van der Waals surface area (Å²) in [5.41, 5.74) is 0.0346. The van der Waals surface area contributed by atoms with Gasteiger partial charge < -0.3 is 9.80 Å². The lowest BCUT2D eigenvalue weighted by molar-refractivity contribution is -0.158. The van der Waals surface area contributed by atoms with E-state index >= 15 is 0 Å². The number of likely N-dealkylation sites (N-methyl/N-ethyl adjacent to an activating group) is 1. The molecular weight excluding hydrogens is 176 g/mol. The Labute approximate surface area is 85.1 Å². The molecule has 3 heterocycles. The van der Waals surface area contributed by atoms with Crippen molar-refractivity contribution in [3.8, 4) is 0 Å². The van der Waals surface area contributed by atoms with Gasteiger partial charge in [-0.25, -0.2) is 0 Å². The molecule has 0 aromatic heterocycles. The molecule has 0 spiro atoms. The van der Waals surface area contributed by atoms with Crippen molar-refractivity contribution < 1.29 is 4.79 Å². The molecule has 4 rings (SSSR count). The van der Waals surface area contributed by atoms with Gasteiger partial charge in [0.05, 0.1) is 0 Å². The lowest BCUT2D eigenvalue weighted by atomic mass is 9.85. The van der Waals surface area contributed by atoms with Gasteiger partial charge in [0.15, 0.2) is 0 Å². The molecule has 1 amide bonds. The van der Waals surface area contributed by atoms with Crippen molar-refractivity contribution in [3.63, 3.8) is 0 Å². The number of nitrogens with zero attached hydrogens (tertiary/aromatic N) is 2. The Hall–Kier alpha value is -0.570. The van der Waals surface area contributed by atoms with E-state index in [4.69, 9.17) is 0 Å². The third kappa shape index (κ3) is 1.05. The molecule has 2 unspecified atom stereocenters. The molecule has 14 heavy (non-hydrogen) atoms. The first-order valence-corrected chi connectivity index (χ1v) is 5.61. The van der Waals surface area contributed by atoms with Crippen molar-refractivity contribution in [2.45, 2.75) is 38.3 Å². The van der Waals surface area contributed by atoms with Crippen LogP contribution in [0.3, 0.4) is 0 Å². The molecule has 3 aliphatic heterocycles. The molecule has 4 aliphatic rings. The monoisotopic (exact) mass is 194 g/mol. The Morgan fingerprint density at radius 3 is 2.36 bits per heavy atom. The highest BCUT2D eigenvalue weighted by Gasteiger charge is 2.54. The number of carbonyl (C=O) groups is 1. The second kappa shape index (κ2) is 2.51. The summed E-state index contributed by atoms with van der Waals surface area (Å²) in [6, 6.07) is 1.06. The van der Waals surface area contributed by atoms with Crippen LogP contribution in [0, 0.1) is 5.41 Å². The van der Waals surface area contributed by atoms with Crippen LogP contribution in [-0.4, -0.2) is 47.9 Å². The maximum absolute atomic E-state index is 12.1. The zero-order valence-corrected chi connectivity index (χ0v) is 8.99. The molecular formula is C11H18N2O. The first-order valence-electron chi connectivity index (χ1n) is 5.61. The van der Waals surface area contributed by atoms with Crippen LogP contribution in [0.2, 0.25) is 0 Å². The van der Waals surface area contributed by atoms with Gasteiger partial charge >= 0.3 is 0 Å². The first-order chi connectivity index (χ1) is 6.60. The lowest BCUT2D eigenvalue weighted by Gasteiger charge is -2.56. The predicted octanol–water partition coefficient (Wildman–Crippen LogP) is 0.701. The number of hydrogen-bond donors (Lipinski definition) is 0. The van der Waals surface area contributed by atoms with E-state index in [1.54, 1.807) is 0 Å². The second-order valence-corrected chi connectivity index (χ2v) is 5.54. The van der Waals surface area contributed by atoms with Gasteiger partial charge in [0.2, 0.25) is 5.91 Å². The van der Waals surface area contributed by atoms with Crippen LogP contribution >= 0.6 is 0 Å². The Kier molecular flexibility index (Phi) is 1.56. The minimum absolute atomic E-state index is 0.0346. The van der Waals surface area contributed by atoms with E-state index in [2.05, 4.69) is 23.8 Å². The molecule has 3 nitrogen and oxygen atoms in total. The maximum Gasteiger partial charge on any atom is 0.229 e. The fraction of sp³-hybridized carbons (Fsp3) is 0.909. The number of rotatable bonds is 1. The molecule has 2 bridgehead atoms. The van der Waals surface area contributed by atoms with Crippen LogP contribution in [0.4, 0.5) is 0 Å². The normalized spacial score (nSPS) is 39.1. The predicted molar refractivity (Wildman–Crippen MR) is 53.9 cm³/mol. The molecule has 4 fully saturated rings. The molecule has 1 aliphatic carbocycles. The van der Waals surface area contributed by atoms with Gasteiger partial charge in [-0.15, -0.1) is 0 Å². The van der Waals surface area contributed by atoms with Gasteiger partial charge in [-0.3, -0.25) is 4.79 Å². The highest BCUT2D eigenvalue weighted by atomic mass is 16.2. The smallest absolute Gasteiger partial charge is 0.229 e. The average molecular weight is 194 g/mol. The number of carbonyl (C=O) groups excluding carboxylic acids is 1. The van der Waals surface area contributed by atoms with Gasteiger partial charge in [-0.1, -0.05) is 6.92 Å². The fourth-order valence-corrected chi connectivity index (χ4v) is 2.87. The van der Waals surface area contributed by atoms with E-state index in [9.17, 15) is 4.79 Å². The third-order valence-electron chi connectivity index (χ3n) is 4.13. The van der Waals surface area contributed by atoms with Crippen molar-refractivity contribution in [3.05, 3.63) is 0 Å². The summed E-state index contributed by atoms with van der Waals surface area (Å²) in [5.74, 6) is 0.437. The summed E-state index contributed by atoms with van der Waals surface area (Å²) < 4.78 is 0. The largest absolute Gasteiger partial charge is 0.334 e. The highest BCUT2D eigenvalue weighted by Crippen LogP contribution is 2.49. The summed E-state index contributed by atoms with van der Waals surface area (Å²) in [4.78, 5) is 16.7. The van der Waals surface area contributed by atoms with Crippen molar-refractivity contribution in [2.75, 3.05) is 20.1 Å². The van der Waals surface area contributed by atoms with Gasteiger partial charge in [0, 0.05) is 30.6 Å². The Balaban J connectivity index is 1.73. The van der Waals surface area contributed by atoms with Gasteiger partial charge in [-0.05, 0) is 26.3 Å². The number of hydrogen-bond acceptors (Lipinski definition) is 2. The van der Waals surface area contributed by atoms with E-state index in [-0.39, 0.29) is 5.41 Å². The average Bonchev–Trinajstić information content (AvgIpc) is 2.84. The van der Waals surface area contributed by atoms with E-state index in [1.807, 2.05) is 0 Å². The van der Waals surface area contributed by atoms with E-state index < -0.39 is 0 Å². The number of amides is 1. The van der Waals surface area contributed by atoms with Crippen LogP contribution < -0.4 is 0 Å². The molecule has 1 saturated carbocycles. The summed E-state index contributed by atoms with van der Waals surface area (Å²) >= 11 is 0. The van der Waals surface area contributed by atoms with E-state index in [0.29, 0.717) is 18.0 Å². The third-order valence-corrected chi connectivity index (χ3v) is 4.13. The molecule has 0 N–H and O–H groups in total. The van der Waals surface area contributed by atoms with Crippen molar-refractivity contribution in [1.29, 1.82) is 0 Å². The van der Waals surface area contributed by atoms with Gasteiger partial charge in [-0.2, -0.15) is 0 Å². The minimum Gasteiger partial charge on any atom is -0.334 e. The van der Waals surface area contributed by atoms with Crippen LogP contribution in [0.25, 0.3) is 0 Å². The fourth-order valence-electron chi connectivity index (χ4n) is 2.87. The van der Waals surface area contributed by atoms with Crippen molar-refractivity contribution >= 4 is 5.91 Å². The molecule has 0 aromatic rings. The van der Waals surface area contributed by atoms with Crippen LogP contribution in [0.5, 0.6) is 0 Å². The zero-order valence-electron chi connectivity index (χ0n) is 8.99. The van der Waals surface area contributed by atoms with Crippen LogP contribution in [0.15, 0.2) is 0 Å². The van der Waals surface area contributed by atoms with E-state index in [0.717, 1.165) is 25.9 Å². The molecule has 78 valence electrons. The minimum atomic E-state index is 0.0346. The summed E-state index contributed by atoms with van der Waals surface area (Å²) in [6.07, 6.45) is 3.46. The van der Waals surface area contributed by atoms with Gasteiger partial charge in [0.1, 0.15) is 0 Å². The highest BCUT2D eigenvalue weighted by molar-refractivity contribution is 5.86. The van der Waals surface area contributed by atoms with Crippen molar-refractivity contribution in [1.82, 2.24) is 9.80 Å². The standard InChI is InChI=1S/C11H18N2O/c1-11(3-4-11)10(14)13-8-5-9(13)7-12(2)6-8/h8-9H,3-7H2,1-2H3. The van der Waals surface area contributed by atoms with Crippen molar-refractivity contribution in [2.24, 2.45) is 5.41 Å². The number of fused-ring (bicyclic) bond motifs is 2. The molecule has 3 heteroatoms. The second-order valence-electron chi connectivity index (χ2n) is 5.54.